The Morgan fingerprint density at radius 3 is 2.42 bits per heavy atom. The lowest BCUT2D eigenvalue weighted by molar-refractivity contribution is -0.159. The van der Waals surface area contributed by atoms with Crippen LogP contribution in [0, 0.1) is 0 Å². The van der Waals surface area contributed by atoms with Gasteiger partial charge in [0, 0.05) is 24.7 Å². The minimum Gasteiger partial charge on any atom is -0.755 e. The van der Waals surface area contributed by atoms with Gasteiger partial charge in [-0.2, -0.15) is 13.2 Å². The van der Waals surface area contributed by atoms with Crippen LogP contribution in [0.4, 0.5) is 13.2 Å². The van der Waals surface area contributed by atoms with Crippen molar-refractivity contribution in [2.45, 2.75) is 19.1 Å². The number of carbonyl (C=O) groups is 1. The van der Waals surface area contributed by atoms with Crippen LogP contribution in [0.1, 0.15) is 6.92 Å². The molecule has 1 N–H and O–H groups in total. The van der Waals surface area contributed by atoms with Gasteiger partial charge in [0.1, 0.15) is 0 Å². The molecule has 1 aliphatic heterocycles. The number of nitrogens with one attached hydrogen (secondary N) is 1. The highest BCUT2D eigenvalue weighted by Crippen LogP contribution is 2.39. The van der Waals surface area contributed by atoms with Gasteiger partial charge in [0.15, 0.2) is 6.04 Å². The molecule has 0 aromatic rings. The molecule has 2 atom stereocenters. The van der Waals surface area contributed by atoms with Crippen molar-refractivity contribution >= 4 is 17.2 Å². The van der Waals surface area contributed by atoms with Crippen molar-refractivity contribution in [3.63, 3.8) is 0 Å². The molecule has 1 heterocycles. The monoisotopic (exact) mass is 361 g/mol. The molecule has 0 fully saturated rings. The van der Waals surface area contributed by atoms with E-state index in [4.69, 9.17) is 0 Å². The van der Waals surface area contributed by atoms with Gasteiger partial charge >= 0.3 is 6.18 Å². The zero-order valence-corrected chi connectivity index (χ0v) is 13.6. The second-order valence-corrected chi connectivity index (χ2v) is 5.59. The van der Waals surface area contributed by atoms with E-state index in [9.17, 15) is 26.7 Å². The molecule has 1 aliphatic rings. The summed E-state index contributed by atoms with van der Waals surface area (Å²) in [6.07, 6.45) is 1.36. The van der Waals surface area contributed by atoms with Crippen LogP contribution in [-0.2, 0) is 16.1 Å². The number of hydrogen-bond acceptors (Lipinski definition) is 3. The van der Waals surface area contributed by atoms with Gasteiger partial charge in [-0.25, -0.2) is 0 Å². The van der Waals surface area contributed by atoms with E-state index in [1.165, 1.54) is 24.3 Å². The lowest BCUT2D eigenvalue weighted by Gasteiger charge is -2.41. The fourth-order valence-electron chi connectivity index (χ4n) is 2.20. The molecule has 1 rings (SSSR count). The lowest BCUT2D eigenvalue weighted by atomic mass is 9.95. The minimum atomic E-state index is -4.87. The van der Waals surface area contributed by atoms with E-state index in [0.29, 0.717) is 0 Å². The van der Waals surface area contributed by atoms with E-state index in [1.807, 2.05) is 0 Å². The van der Waals surface area contributed by atoms with E-state index in [1.54, 1.807) is 0 Å². The Balaban J connectivity index is 3.60. The first-order valence-electron chi connectivity index (χ1n) is 6.69. The molecule has 24 heavy (non-hydrogen) atoms. The number of amides is 1. The molecule has 0 aromatic carbocycles. The van der Waals surface area contributed by atoms with E-state index in [2.05, 4.69) is 18.5 Å². The molecule has 1 amide bonds. The fraction of sp³-hybridized carbons (Fsp3) is 0.267. The summed E-state index contributed by atoms with van der Waals surface area (Å²) >= 11 is -3.20. The van der Waals surface area contributed by atoms with Crippen LogP contribution in [0.25, 0.3) is 0 Å². The Kier molecular flexibility index (Phi) is 6.73. The molecule has 9 heteroatoms. The molecular formula is C15H16F3N2O3S-. The van der Waals surface area contributed by atoms with Crippen molar-refractivity contribution in [2.75, 3.05) is 6.54 Å². The Labute approximate surface area is 140 Å². The first-order chi connectivity index (χ1) is 11.1. The summed E-state index contributed by atoms with van der Waals surface area (Å²) < 4.78 is 63.7. The van der Waals surface area contributed by atoms with Crippen LogP contribution >= 0.6 is 0 Å². The van der Waals surface area contributed by atoms with Gasteiger partial charge in [0.2, 0.25) is 5.91 Å². The third-order valence-electron chi connectivity index (χ3n) is 3.05. The summed E-state index contributed by atoms with van der Waals surface area (Å²) in [7, 11) is 0. The summed E-state index contributed by atoms with van der Waals surface area (Å²) in [6.45, 7) is 7.57. The highest BCUT2D eigenvalue weighted by Gasteiger charge is 2.49. The van der Waals surface area contributed by atoms with Crippen molar-refractivity contribution in [1.29, 1.82) is 0 Å². The summed E-state index contributed by atoms with van der Waals surface area (Å²) in [5.74, 6) is -0.534. The van der Waals surface area contributed by atoms with Crippen LogP contribution in [-0.4, -0.2) is 37.7 Å². The molecule has 5 nitrogen and oxygen atoms in total. The topological polar surface area (TPSA) is 72.5 Å². The van der Waals surface area contributed by atoms with Gasteiger partial charge in [-0.3, -0.25) is 13.3 Å². The number of allylic oxidation sites excluding steroid dienone is 5. The van der Waals surface area contributed by atoms with Crippen molar-refractivity contribution < 1.29 is 26.7 Å². The van der Waals surface area contributed by atoms with Crippen molar-refractivity contribution in [2.24, 2.45) is 0 Å². The highest BCUT2D eigenvalue weighted by molar-refractivity contribution is 7.76. The molecule has 0 radical (unpaired) electrons. The van der Waals surface area contributed by atoms with Gasteiger partial charge < -0.3 is 9.87 Å². The van der Waals surface area contributed by atoms with E-state index < -0.39 is 35.9 Å². The van der Waals surface area contributed by atoms with Gasteiger partial charge in [0.05, 0.1) is 5.70 Å². The van der Waals surface area contributed by atoms with E-state index in [-0.39, 0.29) is 21.1 Å². The quantitative estimate of drug-likeness (QED) is 0.764. The van der Waals surface area contributed by atoms with Crippen molar-refractivity contribution in [1.82, 2.24) is 9.62 Å². The normalized spacial score (nSPS) is 23.0. The fourth-order valence-corrected chi connectivity index (χ4v) is 2.95. The number of nitrogens with zero attached hydrogens (tertiary/aromatic N) is 1. The molecule has 0 saturated carbocycles. The van der Waals surface area contributed by atoms with Gasteiger partial charge in [0.25, 0.3) is 0 Å². The van der Waals surface area contributed by atoms with Crippen LogP contribution in [0.5, 0.6) is 0 Å². The molecule has 1 unspecified atom stereocenters. The summed E-state index contributed by atoms with van der Waals surface area (Å²) in [6, 6.07) is -2.42. The summed E-state index contributed by atoms with van der Waals surface area (Å²) in [5, 5.41) is 2.26. The Morgan fingerprint density at radius 1 is 1.42 bits per heavy atom. The second kappa shape index (κ2) is 8.11. The Morgan fingerprint density at radius 2 is 2.00 bits per heavy atom. The molecule has 0 aliphatic carbocycles. The standard InChI is InChI=1S/C15H17F3N2O3S/c1-4-6-11-8-12(9-19-10(3)21)14(15(16,17)18)20(24(22)23)13(11)7-5-2/h4-8,14H,1-2,9H2,3H3,(H,19,21)(H,22,23)/p-1/b11-6-,13-7+/t14-/m0/s1. The SMILES string of the molecule is C=C/C=C1/C=C(CNC(C)=O)[C@@H](C(F)(F)F)N(S(=O)[O-])/C1=C/C=C. The molecule has 0 bridgehead atoms. The smallest absolute Gasteiger partial charge is 0.413 e. The molecule has 0 aromatic heterocycles. The van der Waals surface area contributed by atoms with Crippen LogP contribution in [0.15, 0.2) is 60.4 Å². The second-order valence-electron chi connectivity index (χ2n) is 4.76. The zero-order valence-electron chi connectivity index (χ0n) is 12.8. The largest absolute Gasteiger partial charge is 0.755 e. The Hall–Kier alpha value is -2.13. The Bertz CT molecular complexity index is 651. The number of alkyl halides is 3. The molecule has 132 valence electrons. The number of halogens is 3. The van der Waals surface area contributed by atoms with Crippen LogP contribution in [0.3, 0.4) is 0 Å². The third-order valence-corrected chi connectivity index (χ3v) is 3.77. The average molecular weight is 361 g/mol. The maximum absolute atomic E-state index is 13.5. The summed E-state index contributed by atoms with van der Waals surface area (Å²) in [5.41, 5.74) is -0.293. The van der Waals surface area contributed by atoms with Crippen LogP contribution < -0.4 is 5.32 Å². The lowest BCUT2D eigenvalue weighted by Crippen LogP contribution is -2.51. The average Bonchev–Trinajstić information content (AvgIpc) is 2.45. The zero-order chi connectivity index (χ0) is 18.5. The highest BCUT2D eigenvalue weighted by atomic mass is 32.2. The minimum absolute atomic E-state index is 0.188. The first-order valence-corrected chi connectivity index (χ1v) is 7.72. The summed E-state index contributed by atoms with van der Waals surface area (Å²) in [4.78, 5) is 11.0. The molecular weight excluding hydrogens is 345 g/mol. The first kappa shape index (κ1) is 19.9. The predicted octanol–water partition coefficient (Wildman–Crippen LogP) is 2.27. The van der Waals surface area contributed by atoms with Crippen molar-refractivity contribution in [3.05, 3.63) is 60.4 Å². The van der Waals surface area contributed by atoms with E-state index in [0.717, 1.165) is 13.0 Å². The van der Waals surface area contributed by atoms with Gasteiger partial charge in [-0.1, -0.05) is 31.4 Å². The molecule has 0 saturated heterocycles. The number of carbonyl (C=O) groups excluding carboxylic acids is 1. The molecule has 0 spiro atoms. The predicted molar refractivity (Wildman–Crippen MR) is 83.9 cm³/mol. The maximum Gasteiger partial charge on any atom is 0.413 e. The van der Waals surface area contributed by atoms with Gasteiger partial charge in [-0.05, 0) is 23.3 Å². The maximum atomic E-state index is 13.5. The van der Waals surface area contributed by atoms with E-state index >= 15 is 0 Å². The van der Waals surface area contributed by atoms with Crippen molar-refractivity contribution in [3.8, 4) is 0 Å². The number of rotatable bonds is 5. The van der Waals surface area contributed by atoms with Gasteiger partial charge in [-0.15, -0.1) is 0 Å². The number of hydrogen-bond donors (Lipinski definition) is 1. The van der Waals surface area contributed by atoms with Crippen LogP contribution in [0.2, 0.25) is 0 Å². The third kappa shape index (κ3) is 4.68.